The second-order valence-corrected chi connectivity index (χ2v) is 4.28. The van der Waals surface area contributed by atoms with E-state index in [-0.39, 0.29) is 0 Å². The zero-order chi connectivity index (χ0) is 9.80. The van der Waals surface area contributed by atoms with Crippen LogP contribution in [0.1, 0.15) is 44.2 Å². The Morgan fingerprint density at radius 1 is 1.14 bits per heavy atom. The van der Waals surface area contributed by atoms with Crippen molar-refractivity contribution in [3.8, 4) is 0 Å². The summed E-state index contributed by atoms with van der Waals surface area (Å²) >= 11 is 0. The van der Waals surface area contributed by atoms with Crippen LogP contribution in [0.4, 0.5) is 0 Å². The van der Waals surface area contributed by atoms with Crippen LogP contribution < -0.4 is 5.32 Å². The minimum absolute atomic E-state index is 0.499. The van der Waals surface area contributed by atoms with Crippen molar-refractivity contribution in [2.24, 2.45) is 0 Å². The van der Waals surface area contributed by atoms with Crippen LogP contribution in [0.25, 0.3) is 0 Å². The monoisotopic (exact) mass is 189 g/mol. The van der Waals surface area contributed by atoms with E-state index in [1.165, 1.54) is 31.2 Å². The first-order chi connectivity index (χ1) is 6.86. The standard InChI is InChI=1S/C13H19N/c1-11(12-7-3-2-4-8-12)14-13-9-5-6-10-13/h2-4,7-8,11,13-14H,5-6,9-10H2,1H3/t11-/m1/s1. The number of rotatable bonds is 3. The highest BCUT2D eigenvalue weighted by molar-refractivity contribution is 5.18. The van der Waals surface area contributed by atoms with E-state index in [0.717, 1.165) is 6.04 Å². The maximum absolute atomic E-state index is 3.70. The molecule has 0 saturated heterocycles. The smallest absolute Gasteiger partial charge is 0.0294 e. The zero-order valence-corrected chi connectivity index (χ0v) is 8.87. The first-order valence-corrected chi connectivity index (χ1v) is 5.67. The van der Waals surface area contributed by atoms with Crippen molar-refractivity contribution in [1.82, 2.24) is 5.32 Å². The number of hydrogen-bond donors (Lipinski definition) is 1. The largest absolute Gasteiger partial charge is 0.307 e. The van der Waals surface area contributed by atoms with E-state index in [0.29, 0.717) is 6.04 Å². The van der Waals surface area contributed by atoms with Crippen LogP contribution in [-0.4, -0.2) is 6.04 Å². The first kappa shape index (κ1) is 9.72. The number of nitrogens with one attached hydrogen (secondary N) is 1. The summed E-state index contributed by atoms with van der Waals surface area (Å²) in [6.07, 6.45) is 5.52. The third-order valence-corrected chi connectivity index (χ3v) is 3.14. The second kappa shape index (κ2) is 4.61. The highest BCUT2D eigenvalue weighted by Crippen LogP contribution is 2.21. The molecule has 1 nitrogen and oxygen atoms in total. The topological polar surface area (TPSA) is 12.0 Å². The maximum Gasteiger partial charge on any atom is 0.0294 e. The Morgan fingerprint density at radius 3 is 2.43 bits per heavy atom. The Labute approximate surface area is 86.5 Å². The second-order valence-electron chi connectivity index (χ2n) is 4.28. The summed E-state index contributed by atoms with van der Waals surface area (Å²) in [6.45, 7) is 2.26. The van der Waals surface area contributed by atoms with Gasteiger partial charge in [-0.25, -0.2) is 0 Å². The van der Waals surface area contributed by atoms with Crippen molar-refractivity contribution in [3.63, 3.8) is 0 Å². The van der Waals surface area contributed by atoms with E-state index >= 15 is 0 Å². The Balaban J connectivity index is 1.92. The summed E-state index contributed by atoms with van der Waals surface area (Å²) in [7, 11) is 0. The van der Waals surface area contributed by atoms with Crippen LogP contribution in [0.3, 0.4) is 0 Å². The Morgan fingerprint density at radius 2 is 1.79 bits per heavy atom. The van der Waals surface area contributed by atoms with Gasteiger partial charge < -0.3 is 5.32 Å². The summed E-state index contributed by atoms with van der Waals surface area (Å²) in [5.74, 6) is 0. The molecule has 1 N–H and O–H groups in total. The molecular weight excluding hydrogens is 170 g/mol. The molecule has 14 heavy (non-hydrogen) atoms. The van der Waals surface area contributed by atoms with Crippen molar-refractivity contribution in [3.05, 3.63) is 35.9 Å². The Bertz CT molecular complexity index is 262. The van der Waals surface area contributed by atoms with Crippen LogP contribution in [0.2, 0.25) is 0 Å². The SMILES string of the molecule is C[C@@H](NC1CCCC1)c1ccccc1. The highest BCUT2D eigenvalue weighted by atomic mass is 14.9. The van der Waals surface area contributed by atoms with Crippen molar-refractivity contribution >= 4 is 0 Å². The molecule has 1 heteroatoms. The van der Waals surface area contributed by atoms with Crippen molar-refractivity contribution in [2.75, 3.05) is 0 Å². The molecule has 1 atom stereocenters. The fourth-order valence-electron chi connectivity index (χ4n) is 2.28. The molecule has 1 aromatic carbocycles. The first-order valence-electron chi connectivity index (χ1n) is 5.67. The third kappa shape index (κ3) is 2.36. The quantitative estimate of drug-likeness (QED) is 0.769. The zero-order valence-electron chi connectivity index (χ0n) is 8.87. The summed E-state index contributed by atoms with van der Waals surface area (Å²) in [5.41, 5.74) is 1.40. The molecule has 0 bridgehead atoms. The minimum atomic E-state index is 0.499. The molecule has 0 amide bonds. The van der Waals surface area contributed by atoms with Gasteiger partial charge in [0, 0.05) is 12.1 Å². The lowest BCUT2D eigenvalue weighted by molar-refractivity contribution is 0.461. The van der Waals surface area contributed by atoms with Gasteiger partial charge in [0.05, 0.1) is 0 Å². The van der Waals surface area contributed by atoms with E-state index in [1.54, 1.807) is 0 Å². The fraction of sp³-hybridized carbons (Fsp3) is 0.538. The molecule has 1 aliphatic carbocycles. The maximum atomic E-state index is 3.70. The molecule has 0 heterocycles. The average molecular weight is 189 g/mol. The molecule has 1 fully saturated rings. The molecular formula is C13H19N. The van der Waals surface area contributed by atoms with Crippen molar-refractivity contribution in [1.29, 1.82) is 0 Å². The lowest BCUT2D eigenvalue weighted by Crippen LogP contribution is -2.28. The summed E-state index contributed by atoms with van der Waals surface area (Å²) in [6, 6.07) is 12.0. The predicted molar refractivity (Wildman–Crippen MR) is 60.2 cm³/mol. The fourth-order valence-corrected chi connectivity index (χ4v) is 2.28. The van der Waals surface area contributed by atoms with Crippen LogP contribution in [-0.2, 0) is 0 Å². The summed E-state index contributed by atoms with van der Waals surface area (Å²) in [4.78, 5) is 0. The lowest BCUT2D eigenvalue weighted by Gasteiger charge is -2.19. The van der Waals surface area contributed by atoms with Gasteiger partial charge in [0.25, 0.3) is 0 Å². The third-order valence-electron chi connectivity index (χ3n) is 3.14. The molecule has 2 rings (SSSR count). The van der Waals surface area contributed by atoms with Crippen LogP contribution in [0.15, 0.2) is 30.3 Å². The van der Waals surface area contributed by atoms with Gasteiger partial charge in [0.15, 0.2) is 0 Å². The molecule has 1 aliphatic rings. The van der Waals surface area contributed by atoms with Gasteiger partial charge in [-0.3, -0.25) is 0 Å². The van der Waals surface area contributed by atoms with E-state index in [2.05, 4.69) is 42.6 Å². The van der Waals surface area contributed by atoms with Crippen LogP contribution in [0, 0.1) is 0 Å². The molecule has 1 saturated carbocycles. The van der Waals surface area contributed by atoms with Gasteiger partial charge in [0.1, 0.15) is 0 Å². The molecule has 0 aliphatic heterocycles. The molecule has 0 aromatic heterocycles. The highest BCUT2D eigenvalue weighted by Gasteiger charge is 2.17. The normalized spacial score (nSPS) is 19.8. The van der Waals surface area contributed by atoms with Gasteiger partial charge >= 0.3 is 0 Å². The van der Waals surface area contributed by atoms with E-state index in [4.69, 9.17) is 0 Å². The molecule has 0 radical (unpaired) electrons. The van der Waals surface area contributed by atoms with E-state index in [9.17, 15) is 0 Å². The van der Waals surface area contributed by atoms with Gasteiger partial charge in [-0.2, -0.15) is 0 Å². The lowest BCUT2D eigenvalue weighted by atomic mass is 10.1. The van der Waals surface area contributed by atoms with Gasteiger partial charge in [-0.15, -0.1) is 0 Å². The van der Waals surface area contributed by atoms with Gasteiger partial charge in [-0.1, -0.05) is 43.2 Å². The minimum Gasteiger partial charge on any atom is -0.307 e. The molecule has 1 aromatic rings. The van der Waals surface area contributed by atoms with Crippen molar-refractivity contribution < 1.29 is 0 Å². The summed E-state index contributed by atoms with van der Waals surface area (Å²) < 4.78 is 0. The number of hydrogen-bond acceptors (Lipinski definition) is 1. The molecule has 0 unspecified atom stereocenters. The molecule has 0 spiro atoms. The van der Waals surface area contributed by atoms with E-state index < -0.39 is 0 Å². The van der Waals surface area contributed by atoms with Gasteiger partial charge in [0.2, 0.25) is 0 Å². The van der Waals surface area contributed by atoms with Crippen LogP contribution >= 0.6 is 0 Å². The Hall–Kier alpha value is -0.820. The van der Waals surface area contributed by atoms with Crippen LogP contribution in [0.5, 0.6) is 0 Å². The number of benzene rings is 1. The average Bonchev–Trinajstić information content (AvgIpc) is 2.72. The molecule has 76 valence electrons. The predicted octanol–water partition coefficient (Wildman–Crippen LogP) is 3.28. The summed E-state index contributed by atoms with van der Waals surface area (Å²) in [5, 5.41) is 3.70. The Kier molecular flexibility index (Phi) is 3.20. The van der Waals surface area contributed by atoms with E-state index in [1.807, 2.05) is 0 Å². The van der Waals surface area contributed by atoms with Gasteiger partial charge in [-0.05, 0) is 25.3 Å². The van der Waals surface area contributed by atoms with Crippen molar-refractivity contribution in [2.45, 2.75) is 44.7 Å².